The molecule has 2 N–H and O–H groups in total. The summed E-state index contributed by atoms with van der Waals surface area (Å²) >= 11 is 0. The van der Waals surface area contributed by atoms with Gasteiger partial charge in [0.1, 0.15) is 5.82 Å². The molecule has 33 heavy (non-hydrogen) atoms. The van der Waals surface area contributed by atoms with Crippen molar-refractivity contribution >= 4 is 35.3 Å². The fraction of sp³-hybridized carbons (Fsp3) is 0.409. The molecular formula is C22H27N9O2. The van der Waals surface area contributed by atoms with Gasteiger partial charge in [0, 0.05) is 64.6 Å². The summed E-state index contributed by atoms with van der Waals surface area (Å²) in [6, 6.07) is 5.97. The van der Waals surface area contributed by atoms with Crippen molar-refractivity contribution < 1.29 is 9.53 Å². The number of anilines is 3. The van der Waals surface area contributed by atoms with Crippen LogP contribution in [0.1, 0.15) is 12.0 Å². The number of carbonyl (C=O) groups excluding carboxylic acids is 1. The van der Waals surface area contributed by atoms with Gasteiger partial charge in [0.15, 0.2) is 5.65 Å². The first kappa shape index (κ1) is 21.1. The van der Waals surface area contributed by atoms with Crippen molar-refractivity contribution in [3.8, 4) is 0 Å². The molecule has 3 aromatic rings. The van der Waals surface area contributed by atoms with Crippen LogP contribution in [0.5, 0.6) is 0 Å². The van der Waals surface area contributed by atoms with Gasteiger partial charge in [-0.05, 0) is 23.8 Å². The number of aromatic nitrogens is 5. The third-order valence-electron chi connectivity index (χ3n) is 5.77. The summed E-state index contributed by atoms with van der Waals surface area (Å²) in [6.07, 6.45) is 5.99. The number of fused-ring (bicyclic) bond motifs is 1. The number of nitrogens with zero attached hydrogens (tertiary/aromatic N) is 7. The van der Waals surface area contributed by atoms with Crippen molar-refractivity contribution in [1.82, 2.24) is 29.9 Å². The van der Waals surface area contributed by atoms with Gasteiger partial charge in [-0.15, -0.1) is 0 Å². The van der Waals surface area contributed by atoms with E-state index in [1.807, 2.05) is 30.5 Å². The number of nitrogens with one attached hydrogen (secondary N) is 2. The molecule has 5 rings (SSSR count). The Bertz CT molecular complexity index is 1150. The second kappa shape index (κ2) is 9.41. The highest BCUT2D eigenvalue weighted by molar-refractivity contribution is 5.85. The van der Waals surface area contributed by atoms with E-state index in [4.69, 9.17) is 14.7 Å². The molecule has 2 aliphatic rings. The Labute approximate surface area is 191 Å². The zero-order valence-electron chi connectivity index (χ0n) is 18.6. The lowest BCUT2D eigenvalue weighted by Gasteiger charge is -2.35. The van der Waals surface area contributed by atoms with Gasteiger partial charge in [-0.1, -0.05) is 6.07 Å². The summed E-state index contributed by atoms with van der Waals surface area (Å²) in [6.45, 7) is 4.95. The molecule has 2 aliphatic heterocycles. The highest BCUT2D eigenvalue weighted by atomic mass is 16.5. The zero-order valence-corrected chi connectivity index (χ0v) is 18.6. The lowest BCUT2D eigenvalue weighted by molar-refractivity contribution is -0.118. The SMILES string of the molecule is COCCNc1nc(N2CCN(c3ccccn3)CC2)nc2c(/C=C3/CNC(=O)C3)cnn12. The van der Waals surface area contributed by atoms with Crippen LogP contribution in [-0.2, 0) is 9.53 Å². The highest BCUT2D eigenvalue weighted by Crippen LogP contribution is 2.23. The van der Waals surface area contributed by atoms with Crippen molar-refractivity contribution in [2.24, 2.45) is 0 Å². The maximum absolute atomic E-state index is 11.6. The summed E-state index contributed by atoms with van der Waals surface area (Å²) in [4.78, 5) is 30.2. The molecule has 172 valence electrons. The molecular weight excluding hydrogens is 422 g/mol. The summed E-state index contributed by atoms with van der Waals surface area (Å²) in [7, 11) is 1.67. The molecule has 0 atom stereocenters. The molecule has 3 aromatic heterocycles. The molecule has 0 radical (unpaired) electrons. The van der Waals surface area contributed by atoms with Crippen LogP contribution in [0.15, 0.2) is 36.2 Å². The van der Waals surface area contributed by atoms with E-state index >= 15 is 0 Å². The van der Waals surface area contributed by atoms with Crippen molar-refractivity contribution in [3.63, 3.8) is 0 Å². The molecule has 0 aromatic carbocycles. The second-order valence-electron chi connectivity index (χ2n) is 8.02. The third-order valence-corrected chi connectivity index (χ3v) is 5.77. The molecule has 2 saturated heterocycles. The van der Waals surface area contributed by atoms with E-state index in [2.05, 4.69) is 30.5 Å². The molecule has 5 heterocycles. The third kappa shape index (κ3) is 4.58. The minimum Gasteiger partial charge on any atom is -0.383 e. The van der Waals surface area contributed by atoms with Gasteiger partial charge in [-0.3, -0.25) is 4.79 Å². The summed E-state index contributed by atoms with van der Waals surface area (Å²) in [5.74, 6) is 2.30. The van der Waals surface area contributed by atoms with E-state index in [-0.39, 0.29) is 5.91 Å². The minimum absolute atomic E-state index is 0.0423. The van der Waals surface area contributed by atoms with Gasteiger partial charge in [0.05, 0.1) is 12.8 Å². The van der Waals surface area contributed by atoms with Gasteiger partial charge in [-0.2, -0.15) is 19.6 Å². The van der Waals surface area contributed by atoms with Crippen molar-refractivity contribution in [3.05, 3.63) is 41.7 Å². The minimum atomic E-state index is 0.0423. The standard InChI is InChI=1S/C22H27N9O2/c1-33-11-6-24-21-28-22(30-9-7-29(8-10-30)18-4-2-3-5-23-18)27-20-17(15-26-31(20)21)12-16-13-19(32)25-14-16/h2-5,12,15H,6-11,13-14H2,1H3,(H,25,32)(H,24,27,28)/b16-12+. The Morgan fingerprint density at radius 1 is 1.18 bits per heavy atom. The first-order chi connectivity index (χ1) is 16.2. The van der Waals surface area contributed by atoms with Gasteiger partial charge in [-0.25, -0.2) is 4.98 Å². The van der Waals surface area contributed by atoms with Gasteiger partial charge < -0.3 is 25.2 Å². The van der Waals surface area contributed by atoms with Crippen LogP contribution in [0.3, 0.4) is 0 Å². The number of ether oxygens (including phenoxy) is 1. The molecule has 11 nitrogen and oxygen atoms in total. The predicted molar refractivity (Wildman–Crippen MR) is 125 cm³/mol. The van der Waals surface area contributed by atoms with Gasteiger partial charge >= 0.3 is 0 Å². The van der Waals surface area contributed by atoms with E-state index in [1.165, 1.54) is 0 Å². The van der Waals surface area contributed by atoms with Crippen LogP contribution < -0.4 is 20.4 Å². The molecule has 0 bridgehead atoms. The van der Waals surface area contributed by atoms with E-state index in [1.54, 1.807) is 17.8 Å². The number of hydrogen-bond donors (Lipinski definition) is 2. The van der Waals surface area contributed by atoms with Crippen LogP contribution in [0.4, 0.5) is 17.7 Å². The number of methoxy groups -OCH3 is 1. The Kier molecular flexibility index (Phi) is 6.03. The molecule has 0 unspecified atom stereocenters. The van der Waals surface area contributed by atoms with Crippen LogP contribution in [0.25, 0.3) is 11.7 Å². The molecule has 11 heteroatoms. The number of rotatable bonds is 7. The van der Waals surface area contributed by atoms with Crippen LogP contribution in [0.2, 0.25) is 0 Å². The van der Waals surface area contributed by atoms with Crippen molar-refractivity contribution in [2.45, 2.75) is 6.42 Å². The average molecular weight is 450 g/mol. The molecule has 0 spiro atoms. The zero-order chi connectivity index (χ0) is 22.6. The number of amides is 1. The van der Waals surface area contributed by atoms with E-state index in [0.29, 0.717) is 43.7 Å². The Balaban J connectivity index is 1.42. The highest BCUT2D eigenvalue weighted by Gasteiger charge is 2.23. The first-order valence-corrected chi connectivity index (χ1v) is 11.1. The average Bonchev–Trinajstić information content (AvgIpc) is 3.46. The second-order valence-corrected chi connectivity index (χ2v) is 8.02. The van der Waals surface area contributed by atoms with Crippen molar-refractivity contribution in [2.75, 3.05) is 68.1 Å². The van der Waals surface area contributed by atoms with Gasteiger partial charge in [0.25, 0.3) is 0 Å². The number of hydrogen-bond acceptors (Lipinski definition) is 9. The van der Waals surface area contributed by atoms with Crippen LogP contribution >= 0.6 is 0 Å². The van der Waals surface area contributed by atoms with Crippen LogP contribution in [0, 0.1) is 0 Å². The molecule has 2 fully saturated rings. The summed E-state index contributed by atoms with van der Waals surface area (Å²) < 4.78 is 6.88. The fourth-order valence-corrected chi connectivity index (χ4v) is 4.05. The number of piperazine rings is 1. The van der Waals surface area contributed by atoms with Crippen LogP contribution in [-0.4, -0.2) is 83.5 Å². The summed E-state index contributed by atoms with van der Waals surface area (Å²) in [5.41, 5.74) is 2.60. The maximum Gasteiger partial charge on any atom is 0.230 e. The maximum atomic E-state index is 11.6. The van der Waals surface area contributed by atoms with E-state index in [9.17, 15) is 4.79 Å². The normalized spacial score (nSPS) is 17.7. The lowest BCUT2D eigenvalue weighted by Crippen LogP contribution is -2.47. The van der Waals surface area contributed by atoms with E-state index < -0.39 is 0 Å². The number of carbonyl (C=O) groups is 1. The molecule has 0 aliphatic carbocycles. The van der Waals surface area contributed by atoms with Gasteiger partial charge in [0.2, 0.25) is 17.8 Å². The monoisotopic (exact) mass is 449 g/mol. The fourth-order valence-electron chi connectivity index (χ4n) is 4.05. The quantitative estimate of drug-likeness (QED) is 0.506. The van der Waals surface area contributed by atoms with E-state index in [0.717, 1.165) is 43.1 Å². The van der Waals surface area contributed by atoms with Crippen molar-refractivity contribution in [1.29, 1.82) is 0 Å². The molecule has 1 amide bonds. The smallest absolute Gasteiger partial charge is 0.230 e. The largest absolute Gasteiger partial charge is 0.383 e. The Morgan fingerprint density at radius 2 is 2.03 bits per heavy atom. The predicted octanol–water partition coefficient (Wildman–Crippen LogP) is 0.808. The number of pyridine rings is 1. The Hall–Kier alpha value is -3.73. The first-order valence-electron chi connectivity index (χ1n) is 11.1. The summed E-state index contributed by atoms with van der Waals surface area (Å²) in [5, 5.41) is 10.7. The topological polar surface area (TPSA) is 113 Å². The molecule has 0 saturated carbocycles. The Morgan fingerprint density at radius 3 is 2.76 bits per heavy atom. The lowest BCUT2D eigenvalue weighted by atomic mass is 10.1.